The van der Waals surface area contributed by atoms with Crippen LogP contribution in [0, 0.1) is 23.7 Å². The Labute approximate surface area is 241 Å². The van der Waals surface area contributed by atoms with Crippen LogP contribution in [0.5, 0.6) is 11.5 Å². The van der Waals surface area contributed by atoms with Crippen molar-refractivity contribution in [2.45, 2.75) is 102 Å². The van der Waals surface area contributed by atoms with E-state index in [0.29, 0.717) is 35.4 Å². The van der Waals surface area contributed by atoms with Crippen molar-refractivity contribution < 1.29 is 10.2 Å². The molecular formula is C36H50N2O2. The molecule has 216 valence electrons. The lowest BCUT2D eigenvalue weighted by Gasteiger charge is -2.54. The number of aromatic hydroxyl groups is 2. The van der Waals surface area contributed by atoms with Gasteiger partial charge < -0.3 is 10.2 Å². The third-order valence-electron chi connectivity index (χ3n) is 12.6. The Morgan fingerprint density at radius 2 is 1.07 bits per heavy atom. The van der Waals surface area contributed by atoms with Crippen molar-refractivity contribution in [1.82, 2.24) is 9.80 Å². The van der Waals surface area contributed by atoms with E-state index in [1.807, 2.05) is 24.3 Å². The van der Waals surface area contributed by atoms with Crippen molar-refractivity contribution in [3.05, 3.63) is 58.7 Å². The van der Waals surface area contributed by atoms with Gasteiger partial charge in [-0.3, -0.25) is 9.80 Å². The molecule has 2 aliphatic heterocycles. The van der Waals surface area contributed by atoms with Gasteiger partial charge in [-0.2, -0.15) is 0 Å². The molecule has 6 aliphatic rings. The zero-order chi connectivity index (χ0) is 27.8. The summed E-state index contributed by atoms with van der Waals surface area (Å²) >= 11 is 0. The molecule has 0 amide bonds. The molecule has 0 radical (unpaired) electrons. The molecule has 4 aliphatic carbocycles. The highest BCUT2D eigenvalue weighted by Crippen LogP contribution is 2.51. The van der Waals surface area contributed by atoms with Crippen molar-refractivity contribution in [2.24, 2.45) is 23.7 Å². The molecule has 6 atom stereocenters. The maximum Gasteiger partial charge on any atom is 0.115 e. The average molecular weight is 543 g/mol. The Hall–Kier alpha value is -2.04. The minimum atomic E-state index is 0.247. The number of benzene rings is 2. The summed E-state index contributed by atoms with van der Waals surface area (Å²) in [5, 5.41) is 19.7. The second kappa shape index (κ2) is 9.76. The fourth-order valence-electron chi connectivity index (χ4n) is 9.11. The Morgan fingerprint density at radius 1 is 0.675 bits per heavy atom. The van der Waals surface area contributed by atoms with Gasteiger partial charge in [-0.15, -0.1) is 0 Å². The highest BCUT2D eigenvalue weighted by atomic mass is 16.3. The Balaban J connectivity index is 0.000000132. The van der Waals surface area contributed by atoms with E-state index in [9.17, 15) is 10.2 Å². The van der Waals surface area contributed by atoms with Crippen LogP contribution in [-0.4, -0.2) is 58.3 Å². The third-order valence-corrected chi connectivity index (χ3v) is 12.6. The molecule has 4 bridgehead atoms. The van der Waals surface area contributed by atoms with E-state index in [1.54, 1.807) is 0 Å². The Kier molecular flexibility index (Phi) is 6.55. The number of hydrogen-bond donors (Lipinski definition) is 2. The minimum Gasteiger partial charge on any atom is -0.508 e. The largest absolute Gasteiger partial charge is 0.508 e. The number of likely N-dealkylation sites (tertiary alicyclic amines) is 2. The molecule has 4 heteroatoms. The van der Waals surface area contributed by atoms with Crippen LogP contribution in [0.2, 0.25) is 0 Å². The SMILES string of the molecule is CC1C2Cc3ccc(O)cc3C1(C)CCN2CC1CC1.CC1C2Cc3ccc(O)cc3C1(C)CCN2CC1CC1. The van der Waals surface area contributed by atoms with E-state index in [1.165, 1.54) is 99.8 Å². The lowest BCUT2D eigenvalue weighted by molar-refractivity contribution is 0.0283. The summed E-state index contributed by atoms with van der Waals surface area (Å²) in [5.74, 6) is 4.18. The number of fused-ring (bicyclic) bond motifs is 8. The minimum absolute atomic E-state index is 0.247. The van der Waals surface area contributed by atoms with Gasteiger partial charge >= 0.3 is 0 Å². The van der Waals surface area contributed by atoms with E-state index in [-0.39, 0.29) is 10.8 Å². The maximum atomic E-state index is 9.85. The van der Waals surface area contributed by atoms with Crippen LogP contribution in [0.25, 0.3) is 0 Å². The van der Waals surface area contributed by atoms with E-state index >= 15 is 0 Å². The Morgan fingerprint density at radius 3 is 1.45 bits per heavy atom. The van der Waals surface area contributed by atoms with Gasteiger partial charge in [-0.05, 0) is 145 Å². The molecule has 2 aromatic carbocycles. The lowest BCUT2D eigenvalue weighted by atomic mass is 9.59. The van der Waals surface area contributed by atoms with Crippen LogP contribution in [0.15, 0.2) is 36.4 Å². The molecule has 0 aromatic heterocycles. The van der Waals surface area contributed by atoms with Gasteiger partial charge in [-0.25, -0.2) is 0 Å². The molecule has 2 aromatic rings. The normalized spacial score (nSPS) is 36.7. The molecule has 4 nitrogen and oxygen atoms in total. The summed E-state index contributed by atoms with van der Waals surface area (Å²) in [6, 6.07) is 13.5. The van der Waals surface area contributed by atoms with E-state index < -0.39 is 0 Å². The van der Waals surface area contributed by atoms with Crippen molar-refractivity contribution >= 4 is 0 Å². The summed E-state index contributed by atoms with van der Waals surface area (Å²) in [4.78, 5) is 5.53. The number of phenols is 2. The molecule has 2 heterocycles. The molecule has 2 saturated carbocycles. The average Bonchev–Trinajstić information content (AvgIpc) is 3.86. The molecule has 0 spiro atoms. The first-order valence-electron chi connectivity index (χ1n) is 16.3. The maximum absolute atomic E-state index is 9.85. The second-order valence-electron chi connectivity index (χ2n) is 15.0. The van der Waals surface area contributed by atoms with Crippen LogP contribution in [0.4, 0.5) is 0 Å². The number of nitrogens with zero attached hydrogens (tertiary/aromatic N) is 2. The summed E-state index contributed by atoms with van der Waals surface area (Å²) in [5.41, 5.74) is 6.25. The lowest BCUT2D eigenvalue weighted by Crippen LogP contribution is -2.58. The summed E-state index contributed by atoms with van der Waals surface area (Å²) in [6.45, 7) is 14.8. The standard InChI is InChI=1S/2C18H25NO/c2*1-12-17-9-14-5-6-15(20)10-16(14)18(12,2)7-8-19(17)11-13-3-4-13/h2*5-6,10,12-13,17,20H,3-4,7-9,11H2,1-2H3. The number of rotatable bonds is 4. The van der Waals surface area contributed by atoms with Crippen molar-refractivity contribution in [2.75, 3.05) is 26.2 Å². The molecule has 2 saturated heterocycles. The van der Waals surface area contributed by atoms with Gasteiger partial charge in [0, 0.05) is 25.2 Å². The quantitative estimate of drug-likeness (QED) is 0.454. The zero-order valence-electron chi connectivity index (χ0n) is 25.2. The molecule has 4 fully saturated rings. The first-order chi connectivity index (χ1) is 19.2. The van der Waals surface area contributed by atoms with Crippen LogP contribution >= 0.6 is 0 Å². The molecule has 8 rings (SSSR count). The van der Waals surface area contributed by atoms with Gasteiger partial charge in [0.2, 0.25) is 0 Å². The van der Waals surface area contributed by atoms with E-state index in [2.05, 4.69) is 49.6 Å². The van der Waals surface area contributed by atoms with Crippen molar-refractivity contribution in [3.8, 4) is 11.5 Å². The van der Waals surface area contributed by atoms with E-state index in [4.69, 9.17) is 0 Å². The highest BCUT2D eigenvalue weighted by molar-refractivity contribution is 5.45. The van der Waals surface area contributed by atoms with Crippen molar-refractivity contribution in [1.29, 1.82) is 0 Å². The van der Waals surface area contributed by atoms with Crippen LogP contribution in [-0.2, 0) is 23.7 Å². The van der Waals surface area contributed by atoms with Crippen LogP contribution < -0.4 is 0 Å². The van der Waals surface area contributed by atoms with Gasteiger partial charge in [-0.1, -0.05) is 39.8 Å². The summed E-state index contributed by atoms with van der Waals surface area (Å²) in [6.07, 6.45) is 10.6. The Bertz CT molecular complexity index is 1170. The monoisotopic (exact) mass is 542 g/mol. The molecular weight excluding hydrogens is 492 g/mol. The molecule has 40 heavy (non-hydrogen) atoms. The van der Waals surface area contributed by atoms with Gasteiger partial charge in [0.1, 0.15) is 11.5 Å². The topological polar surface area (TPSA) is 46.9 Å². The first-order valence-corrected chi connectivity index (χ1v) is 16.3. The fraction of sp³-hybridized carbons (Fsp3) is 0.667. The van der Waals surface area contributed by atoms with Gasteiger partial charge in [0.05, 0.1) is 0 Å². The molecule has 2 N–H and O–H groups in total. The molecule has 6 unspecified atom stereocenters. The van der Waals surface area contributed by atoms with E-state index in [0.717, 1.165) is 11.8 Å². The van der Waals surface area contributed by atoms with Crippen molar-refractivity contribution in [3.63, 3.8) is 0 Å². The summed E-state index contributed by atoms with van der Waals surface area (Å²) in [7, 11) is 0. The third kappa shape index (κ3) is 4.58. The smallest absolute Gasteiger partial charge is 0.115 e. The number of piperidine rings is 2. The second-order valence-corrected chi connectivity index (χ2v) is 15.0. The van der Waals surface area contributed by atoms with Crippen LogP contribution in [0.3, 0.4) is 0 Å². The number of phenolic OH excluding ortho intramolecular Hbond substituents is 2. The van der Waals surface area contributed by atoms with Gasteiger partial charge in [0.15, 0.2) is 0 Å². The van der Waals surface area contributed by atoms with Gasteiger partial charge in [0.25, 0.3) is 0 Å². The predicted molar refractivity (Wildman–Crippen MR) is 162 cm³/mol. The zero-order valence-corrected chi connectivity index (χ0v) is 25.2. The first kappa shape index (κ1) is 26.8. The predicted octanol–water partition coefficient (Wildman–Crippen LogP) is 6.65. The van der Waals surface area contributed by atoms with Crippen LogP contribution in [0.1, 0.15) is 88.5 Å². The summed E-state index contributed by atoms with van der Waals surface area (Å²) < 4.78 is 0. The number of hydrogen-bond acceptors (Lipinski definition) is 4. The highest BCUT2D eigenvalue weighted by Gasteiger charge is 2.50. The fourth-order valence-corrected chi connectivity index (χ4v) is 9.11.